The zero-order chi connectivity index (χ0) is 16.8. The van der Waals surface area contributed by atoms with Gasteiger partial charge in [0.25, 0.3) is 5.19 Å². The first-order chi connectivity index (χ1) is 11.8. The summed E-state index contributed by atoms with van der Waals surface area (Å²) in [5, 5.41) is 9.57. The highest BCUT2D eigenvalue weighted by atomic mass is 32.1. The summed E-state index contributed by atoms with van der Waals surface area (Å²) in [4.78, 5) is 14.5. The molecule has 1 aromatic carbocycles. The van der Waals surface area contributed by atoms with Gasteiger partial charge in [-0.25, -0.2) is 0 Å². The molecule has 1 atom stereocenters. The average molecular weight is 347 g/mol. The van der Waals surface area contributed by atoms with Crippen molar-refractivity contribution in [3.05, 3.63) is 40.9 Å². The smallest absolute Gasteiger partial charge is 0.323 e. The lowest BCUT2D eigenvalue weighted by atomic mass is 10.2. The summed E-state index contributed by atoms with van der Waals surface area (Å²) in [6.45, 7) is 4.29. The molecule has 0 unspecified atom stereocenters. The van der Waals surface area contributed by atoms with Crippen LogP contribution in [0, 0.1) is 0 Å². The number of carbonyl (C=O) groups is 1. The molecule has 0 spiro atoms. The van der Waals surface area contributed by atoms with Crippen LogP contribution >= 0.6 is 11.3 Å². The van der Waals surface area contributed by atoms with Gasteiger partial charge in [-0.1, -0.05) is 41.7 Å². The molecule has 0 radical (unpaired) electrons. The maximum Gasteiger partial charge on any atom is 0.323 e. The van der Waals surface area contributed by atoms with Gasteiger partial charge in [0, 0.05) is 0 Å². The molecule has 128 valence electrons. The largest absolute Gasteiger partial charge is 0.469 e. The van der Waals surface area contributed by atoms with E-state index in [0.29, 0.717) is 25.0 Å². The molecule has 0 amide bonds. The lowest BCUT2D eigenvalue weighted by Crippen LogP contribution is -2.36. The summed E-state index contributed by atoms with van der Waals surface area (Å²) in [7, 11) is 0. The molecule has 0 aliphatic carbocycles. The van der Waals surface area contributed by atoms with Crippen LogP contribution in [0.2, 0.25) is 0 Å². The van der Waals surface area contributed by atoms with E-state index in [0.717, 1.165) is 30.0 Å². The molecule has 1 saturated heterocycles. The highest BCUT2D eigenvalue weighted by molar-refractivity contribution is 7.13. The van der Waals surface area contributed by atoms with Gasteiger partial charge in [0.1, 0.15) is 17.7 Å². The lowest BCUT2D eigenvalue weighted by Gasteiger charge is -2.21. The number of benzene rings is 1. The Kier molecular flexibility index (Phi) is 5.77. The van der Waals surface area contributed by atoms with Gasteiger partial charge in [0.2, 0.25) is 0 Å². The van der Waals surface area contributed by atoms with Crippen molar-refractivity contribution in [3.8, 4) is 5.19 Å². The Labute approximate surface area is 145 Å². The van der Waals surface area contributed by atoms with E-state index < -0.39 is 0 Å². The number of rotatable bonds is 7. The quantitative estimate of drug-likeness (QED) is 0.718. The molecule has 24 heavy (non-hydrogen) atoms. The van der Waals surface area contributed by atoms with Crippen LogP contribution in [0.3, 0.4) is 0 Å². The molecule has 1 aromatic heterocycles. The molecular formula is C17H21N3O3S. The number of ether oxygens (including phenoxy) is 2. The van der Waals surface area contributed by atoms with Gasteiger partial charge in [-0.3, -0.25) is 9.69 Å². The Bertz CT molecular complexity index is 662. The lowest BCUT2D eigenvalue weighted by molar-refractivity contribution is -0.150. The van der Waals surface area contributed by atoms with E-state index in [-0.39, 0.29) is 12.0 Å². The number of nitrogens with zero attached hydrogens (tertiary/aromatic N) is 3. The topological polar surface area (TPSA) is 64.6 Å². The number of hydrogen-bond donors (Lipinski definition) is 0. The van der Waals surface area contributed by atoms with Gasteiger partial charge in [0.15, 0.2) is 0 Å². The Hall–Kier alpha value is -1.99. The fourth-order valence-corrected chi connectivity index (χ4v) is 3.54. The fourth-order valence-electron chi connectivity index (χ4n) is 2.76. The van der Waals surface area contributed by atoms with Crippen molar-refractivity contribution in [3.63, 3.8) is 0 Å². The third kappa shape index (κ3) is 4.30. The molecule has 7 heteroatoms. The zero-order valence-corrected chi connectivity index (χ0v) is 14.5. The summed E-state index contributed by atoms with van der Waals surface area (Å²) < 4.78 is 10.8. The summed E-state index contributed by atoms with van der Waals surface area (Å²) in [6.07, 6.45) is 1.81. The summed E-state index contributed by atoms with van der Waals surface area (Å²) in [6, 6.07) is 9.54. The molecule has 6 nitrogen and oxygen atoms in total. The monoisotopic (exact) mass is 347 g/mol. The third-order valence-electron chi connectivity index (χ3n) is 3.91. The average Bonchev–Trinajstić information content (AvgIpc) is 3.24. The van der Waals surface area contributed by atoms with Crippen molar-refractivity contribution in [2.24, 2.45) is 0 Å². The molecule has 0 bridgehead atoms. The normalized spacial score (nSPS) is 17.8. The van der Waals surface area contributed by atoms with E-state index in [9.17, 15) is 4.79 Å². The van der Waals surface area contributed by atoms with Gasteiger partial charge in [-0.15, -0.1) is 10.2 Å². The van der Waals surface area contributed by atoms with Crippen LogP contribution in [0.25, 0.3) is 0 Å². The highest BCUT2D eigenvalue weighted by Crippen LogP contribution is 2.25. The van der Waals surface area contributed by atoms with Gasteiger partial charge in [-0.2, -0.15) is 0 Å². The molecule has 0 saturated carbocycles. The second-order valence-electron chi connectivity index (χ2n) is 5.62. The highest BCUT2D eigenvalue weighted by Gasteiger charge is 2.32. The molecule has 1 fully saturated rings. The van der Waals surface area contributed by atoms with Crippen molar-refractivity contribution in [2.75, 3.05) is 13.2 Å². The van der Waals surface area contributed by atoms with Crippen molar-refractivity contribution in [1.29, 1.82) is 0 Å². The van der Waals surface area contributed by atoms with Crippen LogP contribution in [-0.4, -0.2) is 40.3 Å². The fraction of sp³-hybridized carbons (Fsp3) is 0.471. The van der Waals surface area contributed by atoms with Crippen LogP contribution in [0.1, 0.15) is 30.3 Å². The minimum absolute atomic E-state index is 0.161. The number of hydrogen-bond acceptors (Lipinski definition) is 7. The minimum atomic E-state index is -0.201. The number of carbonyl (C=O) groups excluding carboxylic acids is 1. The first-order valence-electron chi connectivity index (χ1n) is 8.16. The summed E-state index contributed by atoms with van der Waals surface area (Å²) in [5.41, 5.74) is 1.00. The third-order valence-corrected chi connectivity index (χ3v) is 4.73. The standard InChI is InChI=1S/C17H21N3O3S/c1-2-22-17-19-18-15(24-17)11-20-10-6-9-14(20)16(21)23-12-13-7-4-3-5-8-13/h3-5,7-8,14H,2,6,9-12H2,1H3/t14-/m0/s1. The number of aromatic nitrogens is 2. The Morgan fingerprint density at radius 1 is 1.33 bits per heavy atom. The van der Waals surface area contributed by atoms with E-state index in [1.54, 1.807) is 0 Å². The second-order valence-corrected chi connectivity index (χ2v) is 6.64. The van der Waals surface area contributed by atoms with Gasteiger partial charge in [-0.05, 0) is 31.9 Å². The van der Waals surface area contributed by atoms with Crippen LogP contribution < -0.4 is 4.74 Å². The summed E-state index contributed by atoms with van der Waals surface area (Å²) in [5.74, 6) is -0.161. The molecule has 2 heterocycles. The van der Waals surface area contributed by atoms with Crippen LogP contribution in [0.15, 0.2) is 30.3 Å². The van der Waals surface area contributed by atoms with E-state index in [2.05, 4.69) is 15.1 Å². The molecular weight excluding hydrogens is 326 g/mol. The maximum atomic E-state index is 12.4. The van der Waals surface area contributed by atoms with E-state index in [1.807, 2.05) is 37.3 Å². The minimum Gasteiger partial charge on any atom is -0.469 e. The first kappa shape index (κ1) is 16.9. The molecule has 0 N–H and O–H groups in total. The zero-order valence-electron chi connectivity index (χ0n) is 13.7. The molecule has 1 aliphatic heterocycles. The predicted octanol–water partition coefficient (Wildman–Crippen LogP) is 2.64. The van der Waals surface area contributed by atoms with Crippen molar-refractivity contribution >= 4 is 17.3 Å². The molecule has 2 aromatic rings. The molecule has 3 rings (SSSR count). The Morgan fingerprint density at radius 3 is 2.96 bits per heavy atom. The van der Waals surface area contributed by atoms with Crippen LogP contribution in [-0.2, 0) is 22.7 Å². The van der Waals surface area contributed by atoms with Gasteiger partial charge >= 0.3 is 5.97 Å². The van der Waals surface area contributed by atoms with Crippen molar-refractivity contribution in [2.45, 2.75) is 39.0 Å². The first-order valence-corrected chi connectivity index (χ1v) is 8.97. The molecule has 1 aliphatic rings. The van der Waals surface area contributed by atoms with E-state index in [1.165, 1.54) is 11.3 Å². The summed E-state index contributed by atoms with van der Waals surface area (Å²) >= 11 is 1.43. The van der Waals surface area contributed by atoms with E-state index >= 15 is 0 Å². The number of likely N-dealkylation sites (tertiary alicyclic amines) is 1. The predicted molar refractivity (Wildman–Crippen MR) is 90.7 cm³/mol. The van der Waals surface area contributed by atoms with Crippen molar-refractivity contribution < 1.29 is 14.3 Å². The van der Waals surface area contributed by atoms with Crippen LogP contribution in [0.5, 0.6) is 5.19 Å². The van der Waals surface area contributed by atoms with Crippen LogP contribution in [0.4, 0.5) is 0 Å². The van der Waals surface area contributed by atoms with E-state index in [4.69, 9.17) is 9.47 Å². The van der Waals surface area contributed by atoms with Crippen molar-refractivity contribution in [1.82, 2.24) is 15.1 Å². The van der Waals surface area contributed by atoms with Gasteiger partial charge in [0.05, 0.1) is 13.2 Å². The SMILES string of the molecule is CCOc1nnc(CN2CCC[C@H]2C(=O)OCc2ccccc2)s1. The maximum absolute atomic E-state index is 12.4. The Morgan fingerprint density at radius 2 is 2.17 bits per heavy atom. The number of esters is 1. The van der Waals surface area contributed by atoms with Gasteiger partial charge < -0.3 is 9.47 Å². The Balaban J connectivity index is 1.55. The second kappa shape index (κ2) is 8.21.